The van der Waals surface area contributed by atoms with Crippen molar-refractivity contribution < 1.29 is 14.3 Å². The van der Waals surface area contributed by atoms with E-state index in [4.69, 9.17) is 14.5 Å². The fourth-order valence-electron chi connectivity index (χ4n) is 3.52. The molecule has 2 fully saturated rings. The summed E-state index contributed by atoms with van der Waals surface area (Å²) >= 11 is 0. The Labute approximate surface area is 202 Å². The minimum atomic E-state index is 0. The van der Waals surface area contributed by atoms with Crippen molar-refractivity contribution in [2.24, 2.45) is 10.9 Å². The zero-order chi connectivity index (χ0) is 21.2. The third-order valence-electron chi connectivity index (χ3n) is 5.42. The van der Waals surface area contributed by atoms with E-state index >= 15 is 0 Å². The molecule has 1 aromatic rings. The molecule has 1 aliphatic heterocycles. The standard InChI is InChI=1S/C22H35N5O3.HI/c1-3-23-22(25-11-10-24-21(28)18-4-5-18)26-16-20(27-12-14-30-15-13-27)17-6-8-19(29-2)9-7-17;/h6-9,18,20H,3-5,10-16H2,1-2H3,(H,24,28)(H2,23,25,26);1H. The second kappa shape index (κ2) is 13.7. The second-order valence-corrected chi connectivity index (χ2v) is 7.65. The van der Waals surface area contributed by atoms with Crippen molar-refractivity contribution in [1.82, 2.24) is 20.9 Å². The lowest BCUT2D eigenvalue weighted by molar-refractivity contribution is -0.122. The molecule has 0 spiro atoms. The first-order valence-corrected chi connectivity index (χ1v) is 11.0. The van der Waals surface area contributed by atoms with Crippen LogP contribution in [0.1, 0.15) is 31.4 Å². The highest BCUT2D eigenvalue weighted by molar-refractivity contribution is 14.0. The van der Waals surface area contributed by atoms with E-state index in [1.165, 1.54) is 5.56 Å². The molecule has 1 amide bonds. The first kappa shape index (κ1) is 25.7. The van der Waals surface area contributed by atoms with Gasteiger partial charge in [0.25, 0.3) is 0 Å². The summed E-state index contributed by atoms with van der Waals surface area (Å²) < 4.78 is 10.8. The van der Waals surface area contributed by atoms with Gasteiger partial charge in [-0.25, -0.2) is 0 Å². The van der Waals surface area contributed by atoms with Gasteiger partial charge in [-0.1, -0.05) is 12.1 Å². The Balaban J connectivity index is 0.00000341. The molecule has 1 saturated carbocycles. The lowest BCUT2D eigenvalue weighted by atomic mass is 10.0. The molecule has 0 radical (unpaired) electrons. The number of carbonyl (C=O) groups excluding carboxylic acids is 1. The van der Waals surface area contributed by atoms with Gasteiger partial charge in [0, 0.05) is 38.6 Å². The van der Waals surface area contributed by atoms with E-state index < -0.39 is 0 Å². The number of benzene rings is 1. The number of amides is 1. The van der Waals surface area contributed by atoms with Crippen molar-refractivity contribution in [3.8, 4) is 5.75 Å². The van der Waals surface area contributed by atoms with Crippen molar-refractivity contribution in [3.05, 3.63) is 29.8 Å². The predicted octanol–water partition coefficient (Wildman–Crippen LogP) is 1.77. The van der Waals surface area contributed by atoms with E-state index in [-0.39, 0.29) is 41.8 Å². The van der Waals surface area contributed by atoms with Crippen LogP contribution in [0.25, 0.3) is 0 Å². The van der Waals surface area contributed by atoms with Crippen molar-refractivity contribution in [2.45, 2.75) is 25.8 Å². The molecule has 3 N–H and O–H groups in total. The Bertz CT molecular complexity index is 691. The lowest BCUT2D eigenvalue weighted by Gasteiger charge is -2.34. The Morgan fingerprint density at radius 2 is 1.84 bits per heavy atom. The molecule has 1 saturated heterocycles. The van der Waals surface area contributed by atoms with Gasteiger partial charge in [0.15, 0.2) is 5.96 Å². The van der Waals surface area contributed by atoms with Gasteiger partial charge in [0.1, 0.15) is 5.75 Å². The lowest BCUT2D eigenvalue weighted by Crippen LogP contribution is -2.43. The maximum atomic E-state index is 11.8. The van der Waals surface area contributed by atoms with Crippen LogP contribution in [0.3, 0.4) is 0 Å². The summed E-state index contributed by atoms with van der Waals surface area (Å²) in [6, 6.07) is 8.39. The number of nitrogens with zero attached hydrogens (tertiary/aromatic N) is 2. The fourth-order valence-corrected chi connectivity index (χ4v) is 3.52. The third kappa shape index (κ3) is 8.46. The Morgan fingerprint density at radius 3 is 2.45 bits per heavy atom. The first-order valence-electron chi connectivity index (χ1n) is 11.0. The molecule has 2 aliphatic rings. The maximum Gasteiger partial charge on any atom is 0.223 e. The number of hydrogen-bond acceptors (Lipinski definition) is 5. The van der Waals surface area contributed by atoms with Crippen LogP contribution in [0.4, 0.5) is 0 Å². The fraction of sp³-hybridized carbons (Fsp3) is 0.636. The summed E-state index contributed by atoms with van der Waals surface area (Å²) in [4.78, 5) is 19.0. The van der Waals surface area contributed by atoms with Crippen LogP contribution in [-0.4, -0.2) is 76.4 Å². The van der Waals surface area contributed by atoms with E-state index in [9.17, 15) is 4.79 Å². The second-order valence-electron chi connectivity index (χ2n) is 7.65. The number of nitrogens with one attached hydrogen (secondary N) is 3. The SMILES string of the molecule is CCNC(=NCC(c1ccc(OC)cc1)N1CCOCC1)NCCNC(=O)C1CC1.I. The molecule has 1 atom stereocenters. The van der Waals surface area contributed by atoms with E-state index in [1.807, 2.05) is 12.1 Å². The molecule has 1 aliphatic carbocycles. The smallest absolute Gasteiger partial charge is 0.223 e. The first-order chi connectivity index (χ1) is 14.7. The number of ether oxygens (including phenoxy) is 2. The number of rotatable bonds is 10. The molecular formula is C22H36IN5O3. The van der Waals surface area contributed by atoms with Crippen molar-refractivity contribution in [1.29, 1.82) is 0 Å². The van der Waals surface area contributed by atoms with Gasteiger partial charge < -0.3 is 25.4 Å². The molecule has 1 aromatic carbocycles. The Hall–Kier alpha value is -1.59. The number of guanidine groups is 1. The predicted molar refractivity (Wildman–Crippen MR) is 133 cm³/mol. The van der Waals surface area contributed by atoms with Crippen LogP contribution in [0, 0.1) is 5.92 Å². The number of aliphatic imine (C=N–C) groups is 1. The number of halogens is 1. The van der Waals surface area contributed by atoms with Crippen LogP contribution < -0.4 is 20.7 Å². The van der Waals surface area contributed by atoms with Crippen molar-refractivity contribution in [3.63, 3.8) is 0 Å². The minimum absolute atomic E-state index is 0. The topological polar surface area (TPSA) is 87.2 Å². The summed E-state index contributed by atoms with van der Waals surface area (Å²) in [6.07, 6.45) is 2.05. The average molecular weight is 545 g/mol. The zero-order valence-electron chi connectivity index (χ0n) is 18.6. The zero-order valence-corrected chi connectivity index (χ0v) is 20.9. The van der Waals surface area contributed by atoms with Crippen LogP contribution >= 0.6 is 24.0 Å². The molecule has 8 nitrogen and oxygen atoms in total. The summed E-state index contributed by atoms with van der Waals surface area (Å²) in [5.41, 5.74) is 1.22. The summed E-state index contributed by atoms with van der Waals surface area (Å²) in [5, 5.41) is 9.60. The van der Waals surface area contributed by atoms with Gasteiger partial charge in [-0.3, -0.25) is 14.7 Å². The molecular weight excluding hydrogens is 509 g/mol. The van der Waals surface area contributed by atoms with E-state index in [0.29, 0.717) is 19.6 Å². The van der Waals surface area contributed by atoms with Gasteiger partial charge in [-0.05, 0) is 37.5 Å². The van der Waals surface area contributed by atoms with Crippen molar-refractivity contribution >= 4 is 35.8 Å². The van der Waals surface area contributed by atoms with Gasteiger partial charge >= 0.3 is 0 Å². The van der Waals surface area contributed by atoms with Crippen LogP contribution in [0.15, 0.2) is 29.3 Å². The maximum absolute atomic E-state index is 11.8. The number of carbonyl (C=O) groups is 1. The Morgan fingerprint density at radius 1 is 1.16 bits per heavy atom. The van der Waals surface area contributed by atoms with Gasteiger partial charge in [-0.15, -0.1) is 24.0 Å². The normalized spacial score (nSPS) is 17.9. The highest BCUT2D eigenvalue weighted by Crippen LogP contribution is 2.28. The molecule has 1 heterocycles. The average Bonchev–Trinajstić information content (AvgIpc) is 3.63. The van der Waals surface area contributed by atoms with Gasteiger partial charge in [-0.2, -0.15) is 0 Å². The molecule has 1 unspecified atom stereocenters. The minimum Gasteiger partial charge on any atom is -0.497 e. The Kier molecular flexibility index (Phi) is 11.4. The third-order valence-corrected chi connectivity index (χ3v) is 5.42. The van der Waals surface area contributed by atoms with E-state index in [2.05, 4.69) is 39.9 Å². The van der Waals surface area contributed by atoms with Crippen LogP contribution in [-0.2, 0) is 9.53 Å². The quantitative estimate of drug-likeness (QED) is 0.180. The molecule has 9 heteroatoms. The molecule has 3 rings (SSSR count). The highest BCUT2D eigenvalue weighted by atomic mass is 127. The molecule has 31 heavy (non-hydrogen) atoms. The largest absolute Gasteiger partial charge is 0.497 e. The molecule has 0 aromatic heterocycles. The molecule has 0 bridgehead atoms. The number of morpholine rings is 1. The van der Waals surface area contributed by atoms with Crippen LogP contribution in [0.2, 0.25) is 0 Å². The molecule has 174 valence electrons. The van der Waals surface area contributed by atoms with E-state index in [1.54, 1.807) is 7.11 Å². The summed E-state index contributed by atoms with van der Waals surface area (Å²) in [7, 11) is 1.68. The van der Waals surface area contributed by atoms with Crippen LogP contribution in [0.5, 0.6) is 5.75 Å². The van der Waals surface area contributed by atoms with E-state index in [0.717, 1.165) is 57.4 Å². The highest BCUT2D eigenvalue weighted by Gasteiger charge is 2.29. The summed E-state index contributed by atoms with van der Waals surface area (Å²) in [6.45, 7) is 7.99. The number of methoxy groups -OCH3 is 1. The van der Waals surface area contributed by atoms with Gasteiger partial charge in [0.05, 0.1) is 32.9 Å². The van der Waals surface area contributed by atoms with Crippen molar-refractivity contribution in [2.75, 3.05) is 59.6 Å². The monoisotopic (exact) mass is 545 g/mol. The van der Waals surface area contributed by atoms with Gasteiger partial charge in [0.2, 0.25) is 5.91 Å². The number of hydrogen-bond donors (Lipinski definition) is 3. The summed E-state index contributed by atoms with van der Waals surface area (Å²) in [5.74, 6) is 2.03.